The number of hydrogen-bond donors (Lipinski definition) is 1. The van der Waals surface area contributed by atoms with Gasteiger partial charge in [0.1, 0.15) is 0 Å². The van der Waals surface area contributed by atoms with E-state index in [0.29, 0.717) is 31.3 Å². The summed E-state index contributed by atoms with van der Waals surface area (Å²) in [5, 5.41) is 10.7. The maximum Gasteiger partial charge on any atom is 0.256 e. The zero-order chi connectivity index (χ0) is 26.4. The third-order valence-corrected chi connectivity index (χ3v) is 6.70. The molecule has 0 spiro atoms. The second-order valence-electron chi connectivity index (χ2n) is 9.56. The largest absolute Gasteiger partial charge is 0.355 e. The monoisotopic (exact) mass is 520 g/mol. The lowest BCUT2D eigenvalue weighted by molar-refractivity contribution is -0.145. The summed E-state index contributed by atoms with van der Waals surface area (Å²) in [4.78, 5) is 32.4. The Morgan fingerprint density at radius 3 is 2.37 bits per heavy atom. The minimum atomic E-state index is -0.0996. The van der Waals surface area contributed by atoms with Crippen LogP contribution in [0, 0.1) is 13.8 Å². The van der Waals surface area contributed by atoms with Gasteiger partial charge in [0.15, 0.2) is 0 Å². The maximum absolute atomic E-state index is 13.4. The Morgan fingerprint density at radius 2 is 1.76 bits per heavy atom. The molecule has 1 aliphatic heterocycles. The first-order chi connectivity index (χ1) is 17.9. The van der Waals surface area contributed by atoms with E-state index in [4.69, 9.17) is 4.52 Å². The van der Waals surface area contributed by atoms with Crippen molar-refractivity contribution in [1.82, 2.24) is 25.5 Å². The van der Waals surface area contributed by atoms with E-state index in [-0.39, 0.29) is 32.3 Å². The summed E-state index contributed by atoms with van der Waals surface area (Å²) in [7, 11) is 1.80. The van der Waals surface area contributed by atoms with E-state index in [1.54, 1.807) is 19.0 Å². The number of nitrogens with one attached hydrogen (secondary N) is 1. The molecule has 0 radical (unpaired) electrons. The van der Waals surface area contributed by atoms with Crippen LogP contribution in [0.4, 0.5) is 5.69 Å². The maximum atomic E-state index is 13.4. The van der Waals surface area contributed by atoms with Gasteiger partial charge in [0.25, 0.3) is 5.91 Å². The number of likely N-dealkylation sites (N-methyl/N-ethyl adjacent to an activating group) is 1. The fraction of sp³-hybridized carbons (Fsp3) is 0.448. The number of hydrogen-bond acceptors (Lipinski definition) is 7. The molecule has 0 aliphatic carbocycles. The predicted octanol–water partition coefficient (Wildman–Crippen LogP) is 4.49. The number of amides is 2. The Kier molecular flexibility index (Phi) is 10.0. The number of carbonyl (C=O) groups is 2. The number of benzene rings is 2. The number of fused-ring (bicyclic) bond motifs is 1. The Balaban J connectivity index is 0.00000400. The molecule has 2 aromatic carbocycles. The molecule has 2 amide bonds. The third kappa shape index (κ3) is 6.98. The van der Waals surface area contributed by atoms with Gasteiger partial charge in [-0.05, 0) is 48.2 Å². The van der Waals surface area contributed by atoms with E-state index in [1.165, 1.54) is 11.1 Å². The van der Waals surface area contributed by atoms with Crippen molar-refractivity contribution < 1.29 is 14.1 Å². The van der Waals surface area contributed by atoms with E-state index in [9.17, 15) is 9.59 Å². The standard InChI is InChI=1S/C28H36N6O3.CH4/c1-5-6-9-14-29-26(35)18-33(25-13-12-22(15-20(25)2)28-30-21(3)37-31-28)19-27(36)32(4)34-16-23-10-7-8-11-24(23)17-34;/h7-8,10-13,15H,5-6,9,14,16-19H2,1-4H3,(H,29,35);1H4. The molecule has 204 valence electrons. The van der Waals surface area contributed by atoms with Gasteiger partial charge in [-0.3, -0.25) is 14.6 Å². The van der Waals surface area contributed by atoms with Crippen LogP contribution in [0.1, 0.15) is 56.2 Å². The number of hydrazine groups is 1. The van der Waals surface area contributed by atoms with Crippen LogP contribution in [0.25, 0.3) is 11.4 Å². The third-order valence-electron chi connectivity index (χ3n) is 6.70. The van der Waals surface area contributed by atoms with Crippen LogP contribution in [0.3, 0.4) is 0 Å². The number of rotatable bonds is 11. The van der Waals surface area contributed by atoms with Gasteiger partial charge >= 0.3 is 0 Å². The number of unbranched alkanes of at least 4 members (excludes halogenated alkanes) is 2. The second kappa shape index (κ2) is 13.2. The fourth-order valence-electron chi connectivity index (χ4n) is 4.57. The van der Waals surface area contributed by atoms with Gasteiger partial charge in [0.2, 0.25) is 17.6 Å². The van der Waals surface area contributed by atoms with Crippen molar-refractivity contribution in [3.8, 4) is 11.4 Å². The first-order valence-corrected chi connectivity index (χ1v) is 12.9. The fourth-order valence-corrected chi connectivity index (χ4v) is 4.57. The van der Waals surface area contributed by atoms with Gasteiger partial charge in [-0.15, -0.1) is 0 Å². The lowest BCUT2D eigenvalue weighted by atomic mass is 10.1. The highest BCUT2D eigenvalue weighted by molar-refractivity contribution is 5.87. The topological polar surface area (TPSA) is 94.8 Å². The average molecular weight is 521 g/mol. The summed E-state index contributed by atoms with van der Waals surface area (Å²) < 4.78 is 5.12. The molecule has 2 heterocycles. The minimum Gasteiger partial charge on any atom is -0.355 e. The van der Waals surface area contributed by atoms with Crippen LogP contribution in [0.2, 0.25) is 0 Å². The highest BCUT2D eigenvalue weighted by Gasteiger charge is 2.27. The molecule has 1 aliphatic rings. The van der Waals surface area contributed by atoms with Crippen LogP contribution >= 0.6 is 0 Å². The van der Waals surface area contributed by atoms with Gasteiger partial charge in [0.05, 0.1) is 13.1 Å². The number of nitrogens with zero attached hydrogens (tertiary/aromatic N) is 5. The molecule has 1 aromatic heterocycles. The van der Waals surface area contributed by atoms with Crippen LogP contribution in [-0.2, 0) is 22.7 Å². The van der Waals surface area contributed by atoms with Crippen molar-refractivity contribution in [3.05, 3.63) is 65.0 Å². The van der Waals surface area contributed by atoms with Gasteiger partial charge in [0, 0.05) is 44.9 Å². The van der Waals surface area contributed by atoms with Gasteiger partial charge in [-0.1, -0.05) is 56.6 Å². The first-order valence-electron chi connectivity index (χ1n) is 12.9. The summed E-state index contributed by atoms with van der Waals surface area (Å²) >= 11 is 0. The summed E-state index contributed by atoms with van der Waals surface area (Å²) in [5.41, 5.74) is 5.02. The predicted molar refractivity (Wildman–Crippen MR) is 149 cm³/mol. The highest BCUT2D eigenvalue weighted by Crippen LogP contribution is 2.27. The van der Waals surface area contributed by atoms with Crippen LogP contribution < -0.4 is 10.2 Å². The van der Waals surface area contributed by atoms with E-state index in [2.05, 4.69) is 34.5 Å². The smallest absolute Gasteiger partial charge is 0.256 e. The van der Waals surface area contributed by atoms with Crippen molar-refractivity contribution in [3.63, 3.8) is 0 Å². The van der Waals surface area contributed by atoms with E-state index in [0.717, 1.165) is 36.1 Å². The molecular weight excluding hydrogens is 480 g/mol. The molecule has 0 unspecified atom stereocenters. The van der Waals surface area contributed by atoms with E-state index < -0.39 is 0 Å². The van der Waals surface area contributed by atoms with Crippen molar-refractivity contribution in [2.45, 2.75) is 60.5 Å². The first kappa shape index (κ1) is 28.8. The Morgan fingerprint density at radius 1 is 1.05 bits per heavy atom. The summed E-state index contributed by atoms with van der Waals surface area (Å²) in [6.45, 7) is 8.02. The quantitative estimate of drug-likeness (QED) is 0.372. The Labute approximate surface area is 225 Å². The van der Waals surface area contributed by atoms with Crippen molar-refractivity contribution in [1.29, 1.82) is 0 Å². The van der Waals surface area contributed by atoms with Gasteiger partial charge in [-0.2, -0.15) is 4.98 Å². The molecule has 9 nitrogen and oxygen atoms in total. The summed E-state index contributed by atoms with van der Waals surface area (Å²) in [6, 6.07) is 14.0. The molecule has 0 fully saturated rings. The lowest BCUT2D eigenvalue weighted by Crippen LogP contribution is -2.48. The molecule has 0 saturated heterocycles. The zero-order valence-corrected chi connectivity index (χ0v) is 22.2. The zero-order valence-electron chi connectivity index (χ0n) is 22.2. The Hall–Kier alpha value is -3.72. The number of aromatic nitrogens is 2. The Bertz CT molecular complexity index is 1220. The molecule has 3 aromatic rings. The van der Waals surface area contributed by atoms with Gasteiger partial charge < -0.3 is 14.7 Å². The van der Waals surface area contributed by atoms with Crippen molar-refractivity contribution in [2.24, 2.45) is 0 Å². The molecule has 0 saturated carbocycles. The lowest BCUT2D eigenvalue weighted by Gasteiger charge is -2.32. The second-order valence-corrected chi connectivity index (χ2v) is 9.56. The summed E-state index contributed by atoms with van der Waals surface area (Å²) in [5.74, 6) is 0.828. The molecule has 9 heteroatoms. The highest BCUT2D eigenvalue weighted by atomic mass is 16.5. The number of carbonyl (C=O) groups excluding carboxylic acids is 2. The molecule has 4 rings (SSSR count). The van der Waals surface area contributed by atoms with Crippen molar-refractivity contribution >= 4 is 17.5 Å². The molecule has 0 bridgehead atoms. The molecular formula is C29H40N6O3. The van der Waals surface area contributed by atoms with Crippen molar-refractivity contribution in [2.75, 3.05) is 31.6 Å². The summed E-state index contributed by atoms with van der Waals surface area (Å²) in [6.07, 6.45) is 3.10. The minimum absolute atomic E-state index is 0. The molecule has 0 atom stereocenters. The van der Waals surface area contributed by atoms with Crippen LogP contribution in [0.15, 0.2) is 47.0 Å². The van der Waals surface area contributed by atoms with Crippen LogP contribution in [0.5, 0.6) is 0 Å². The SMILES string of the molecule is C.CCCCCNC(=O)CN(CC(=O)N(C)N1Cc2ccccc2C1)c1ccc(-c2noc(C)n2)cc1C. The normalized spacial score (nSPS) is 12.5. The molecule has 38 heavy (non-hydrogen) atoms. The van der Waals surface area contributed by atoms with Crippen LogP contribution in [-0.4, -0.2) is 58.7 Å². The number of aryl methyl sites for hydroxylation is 2. The van der Waals surface area contributed by atoms with E-state index in [1.807, 2.05) is 47.2 Å². The number of anilines is 1. The van der Waals surface area contributed by atoms with E-state index >= 15 is 0 Å². The molecule has 1 N–H and O–H groups in total. The average Bonchev–Trinajstić information content (AvgIpc) is 3.52. The van der Waals surface area contributed by atoms with Gasteiger partial charge in [-0.25, -0.2) is 5.01 Å².